The van der Waals surface area contributed by atoms with Gasteiger partial charge >= 0.3 is 0 Å². The normalized spacial score (nSPS) is 12.8. The molecule has 0 fully saturated rings. The second-order valence-electron chi connectivity index (χ2n) is 5.24. The molecule has 0 radical (unpaired) electrons. The van der Waals surface area contributed by atoms with E-state index in [-0.39, 0.29) is 0 Å². The van der Waals surface area contributed by atoms with Crippen LogP contribution < -0.4 is 10.5 Å². The number of nitrogens with two attached hydrogens (primary N) is 1. The van der Waals surface area contributed by atoms with Crippen molar-refractivity contribution in [1.82, 2.24) is 9.55 Å². The second-order valence-corrected chi connectivity index (χ2v) is 5.24. The third-order valence-corrected chi connectivity index (χ3v) is 3.68. The summed E-state index contributed by atoms with van der Waals surface area (Å²) in [6, 6.07) is 6.38. The number of rotatable bonds is 7. The van der Waals surface area contributed by atoms with Crippen LogP contribution >= 0.6 is 0 Å². The van der Waals surface area contributed by atoms with Crippen LogP contribution in [0.2, 0.25) is 0 Å². The highest BCUT2D eigenvalue weighted by molar-refractivity contribution is 5.84. The molecule has 0 bridgehead atoms. The minimum Gasteiger partial charge on any atom is -0.492 e. The van der Waals surface area contributed by atoms with Gasteiger partial charge in [-0.05, 0) is 32.4 Å². The quantitative estimate of drug-likeness (QED) is 0.772. The predicted octanol–water partition coefficient (Wildman–Crippen LogP) is 4.16. The van der Waals surface area contributed by atoms with Crippen LogP contribution in [0.5, 0.6) is 5.75 Å². The Morgan fingerprint density at radius 1 is 1.30 bits per heavy atom. The summed E-state index contributed by atoms with van der Waals surface area (Å²) in [6.45, 7) is 7.05. The number of imidazole rings is 1. The molecule has 1 unspecified atom stereocenters. The van der Waals surface area contributed by atoms with Crippen LogP contribution in [0.15, 0.2) is 18.2 Å². The standard InChI is InChI=1S/C16H25N3O/c1-4-6-7-9-12(3)19-13-10-8-11-14(20-5-2)15(13)18-16(19)17/h8,10-12H,4-7,9H2,1-3H3,(H2,17,18). The molecule has 2 rings (SSSR count). The Balaban J connectivity index is 2.33. The van der Waals surface area contributed by atoms with Gasteiger partial charge in [-0.2, -0.15) is 0 Å². The van der Waals surface area contributed by atoms with Crippen molar-refractivity contribution >= 4 is 17.0 Å². The highest BCUT2D eigenvalue weighted by Gasteiger charge is 2.16. The van der Waals surface area contributed by atoms with Crippen molar-refractivity contribution in [3.63, 3.8) is 0 Å². The average Bonchev–Trinajstić information content (AvgIpc) is 2.76. The van der Waals surface area contributed by atoms with Crippen molar-refractivity contribution in [3.05, 3.63) is 18.2 Å². The van der Waals surface area contributed by atoms with E-state index >= 15 is 0 Å². The van der Waals surface area contributed by atoms with Gasteiger partial charge in [0.25, 0.3) is 0 Å². The largest absolute Gasteiger partial charge is 0.492 e. The number of para-hydroxylation sites is 1. The first kappa shape index (κ1) is 14.7. The zero-order chi connectivity index (χ0) is 14.5. The molecule has 1 atom stereocenters. The van der Waals surface area contributed by atoms with Crippen LogP contribution in [0, 0.1) is 0 Å². The highest BCUT2D eigenvalue weighted by atomic mass is 16.5. The van der Waals surface area contributed by atoms with E-state index in [1.807, 2.05) is 19.1 Å². The van der Waals surface area contributed by atoms with Gasteiger partial charge in [-0.25, -0.2) is 4.98 Å². The van der Waals surface area contributed by atoms with Crippen LogP contribution in [-0.4, -0.2) is 16.2 Å². The predicted molar refractivity (Wildman–Crippen MR) is 84.2 cm³/mol. The van der Waals surface area contributed by atoms with Gasteiger partial charge < -0.3 is 15.0 Å². The summed E-state index contributed by atoms with van der Waals surface area (Å²) < 4.78 is 7.77. The minimum absolute atomic E-state index is 0.364. The lowest BCUT2D eigenvalue weighted by molar-refractivity contribution is 0.343. The summed E-state index contributed by atoms with van der Waals surface area (Å²) in [6.07, 6.45) is 4.85. The Kier molecular flexibility index (Phi) is 4.88. The van der Waals surface area contributed by atoms with Gasteiger partial charge in [0, 0.05) is 6.04 Å². The van der Waals surface area contributed by atoms with Crippen LogP contribution in [0.4, 0.5) is 5.95 Å². The molecule has 2 aromatic rings. The fourth-order valence-electron chi connectivity index (χ4n) is 2.66. The topological polar surface area (TPSA) is 53.1 Å². The van der Waals surface area contributed by atoms with E-state index in [1.54, 1.807) is 0 Å². The summed E-state index contributed by atoms with van der Waals surface area (Å²) in [5.41, 5.74) is 8.06. The van der Waals surface area contributed by atoms with E-state index < -0.39 is 0 Å². The first-order valence-electron chi connectivity index (χ1n) is 7.58. The van der Waals surface area contributed by atoms with Crippen molar-refractivity contribution in [1.29, 1.82) is 0 Å². The molecule has 0 spiro atoms. The molecule has 0 aliphatic heterocycles. The molecule has 1 aromatic carbocycles. The third kappa shape index (κ3) is 2.89. The molecule has 110 valence electrons. The van der Waals surface area contributed by atoms with Crippen LogP contribution in [-0.2, 0) is 0 Å². The third-order valence-electron chi connectivity index (χ3n) is 3.68. The monoisotopic (exact) mass is 275 g/mol. The fraction of sp³-hybridized carbons (Fsp3) is 0.562. The first-order chi connectivity index (χ1) is 9.69. The number of hydrogen-bond acceptors (Lipinski definition) is 3. The maximum Gasteiger partial charge on any atom is 0.201 e. The number of aromatic nitrogens is 2. The highest BCUT2D eigenvalue weighted by Crippen LogP contribution is 2.31. The molecule has 0 amide bonds. The number of fused-ring (bicyclic) bond motifs is 1. The second kappa shape index (κ2) is 6.64. The number of unbranched alkanes of at least 4 members (excludes halogenated alkanes) is 2. The summed E-state index contributed by atoms with van der Waals surface area (Å²) in [4.78, 5) is 4.50. The SMILES string of the molecule is CCCCCC(C)n1c(N)nc2c(OCC)cccc21. The maximum absolute atomic E-state index is 6.12. The Hall–Kier alpha value is -1.71. The zero-order valence-corrected chi connectivity index (χ0v) is 12.7. The molecule has 1 heterocycles. The summed E-state index contributed by atoms with van der Waals surface area (Å²) in [5, 5.41) is 0. The van der Waals surface area contributed by atoms with E-state index in [1.165, 1.54) is 19.3 Å². The molecule has 4 nitrogen and oxygen atoms in total. The van der Waals surface area contributed by atoms with Crippen molar-refractivity contribution in [3.8, 4) is 5.75 Å². The van der Waals surface area contributed by atoms with Gasteiger partial charge in [0.15, 0.2) is 0 Å². The number of anilines is 1. The van der Waals surface area contributed by atoms with E-state index in [0.717, 1.165) is 23.2 Å². The summed E-state index contributed by atoms with van der Waals surface area (Å²) >= 11 is 0. The molecule has 1 aromatic heterocycles. The van der Waals surface area contributed by atoms with Crippen LogP contribution in [0.3, 0.4) is 0 Å². The molecule has 20 heavy (non-hydrogen) atoms. The van der Waals surface area contributed by atoms with Gasteiger partial charge in [-0.3, -0.25) is 0 Å². The number of benzene rings is 1. The van der Waals surface area contributed by atoms with Crippen LogP contribution in [0.25, 0.3) is 11.0 Å². The van der Waals surface area contributed by atoms with Crippen molar-refractivity contribution < 1.29 is 4.74 Å². The lowest BCUT2D eigenvalue weighted by Crippen LogP contribution is -2.08. The maximum atomic E-state index is 6.12. The molecular formula is C16H25N3O. The number of nitrogen functional groups attached to an aromatic ring is 1. The fourth-order valence-corrected chi connectivity index (χ4v) is 2.66. The van der Waals surface area contributed by atoms with Crippen molar-refractivity contribution in [2.24, 2.45) is 0 Å². The Morgan fingerprint density at radius 2 is 2.10 bits per heavy atom. The Morgan fingerprint density at radius 3 is 2.80 bits per heavy atom. The van der Waals surface area contributed by atoms with Gasteiger partial charge in [0.2, 0.25) is 5.95 Å². The first-order valence-corrected chi connectivity index (χ1v) is 7.58. The van der Waals surface area contributed by atoms with E-state index in [2.05, 4.69) is 29.5 Å². The zero-order valence-electron chi connectivity index (χ0n) is 12.7. The van der Waals surface area contributed by atoms with Gasteiger partial charge in [-0.1, -0.05) is 32.3 Å². The van der Waals surface area contributed by atoms with Crippen LogP contribution in [0.1, 0.15) is 52.5 Å². The Bertz CT molecular complexity index is 562. The van der Waals surface area contributed by atoms with Gasteiger partial charge in [0.1, 0.15) is 11.3 Å². The average molecular weight is 275 g/mol. The van der Waals surface area contributed by atoms with Gasteiger partial charge in [0.05, 0.1) is 12.1 Å². The number of hydrogen-bond donors (Lipinski definition) is 1. The summed E-state index contributed by atoms with van der Waals surface area (Å²) in [5.74, 6) is 1.40. The van der Waals surface area contributed by atoms with Crippen molar-refractivity contribution in [2.45, 2.75) is 52.5 Å². The number of nitrogens with zero attached hydrogens (tertiary/aromatic N) is 2. The number of ether oxygens (including phenoxy) is 1. The molecule has 4 heteroatoms. The molecular weight excluding hydrogens is 250 g/mol. The van der Waals surface area contributed by atoms with Crippen molar-refractivity contribution in [2.75, 3.05) is 12.3 Å². The smallest absolute Gasteiger partial charge is 0.201 e. The van der Waals surface area contributed by atoms with E-state index in [4.69, 9.17) is 10.5 Å². The molecule has 0 aliphatic rings. The van der Waals surface area contributed by atoms with E-state index in [0.29, 0.717) is 18.6 Å². The lowest BCUT2D eigenvalue weighted by atomic mass is 10.1. The summed E-state index contributed by atoms with van der Waals surface area (Å²) in [7, 11) is 0. The minimum atomic E-state index is 0.364. The lowest BCUT2D eigenvalue weighted by Gasteiger charge is -2.16. The molecule has 2 N–H and O–H groups in total. The Labute approximate surface area is 120 Å². The molecule has 0 saturated heterocycles. The molecule has 0 saturated carbocycles. The van der Waals surface area contributed by atoms with E-state index in [9.17, 15) is 0 Å². The van der Waals surface area contributed by atoms with Gasteiger partial charge in [-0.15, -0.1) is 0 Å². The molecule has 0 aliphatic carbocycles.